The van der Waals surface area contributed by atoms with Crippen LogP contribution in [-0.4, -0.2) is 66.7 Å². The first-order chi connectivity index (χ1) is 20.4. The second-order valence-electron chi connectivity index (χ2n) is 11.2. The third-order valence-electron chi connectivity index (χ3n) is 8.75. The number of aromatic nitrogens is 5. The van der Waals surface area contributed by atoms with Crippen LogP contribution >= 0.6 is 9.24 Å². The number of nitriles is 1. The van der Waals surface area contributed by atoms with E-state index in [1.54, 1.807) is 24.0 Å². The number of aliphatic hydroxyl groups is 1. The Morgan fingerprint density at radius 1 is 1.19 bits per heavy atom. The number of rotatable bonds is 8. The van der Waals surface area contributed by atoms with Gasteiger partial charge in [0.1, 0.15) is 0 Å². The lowest BCUT2D eigenvalue weighted by molar-refractivity contribution is 0.0772. The summed E-state index contributed by atoms with van der Waals surface area (Å²) in [5.41, 5.74) is 5.41. The van der Waals surface area contributed by atoms with Crippen LogP contribution in [0.25, 0.3) is 16.8 Å². The maximum absolute atomic E-state index is 10.2. The smallest absolute Gasteiger partial charge is 0.176 e. The van der Waals surface area contributed by atoms with Gasteiger partial charge in [-0.2, -0.15) is 15.5 Å². The van der Waals surface area contributed by atoms with Gasteiger partial charge in [-0.1, -0.05) is 6.07 Å². The van der Waals surface area contributed by atoms with Crippen LogP contribution in [0.1, 0.15) is 61.7 Å². The Morgan fingerprint density at radius 3 is 2.69 bits per heavy atom. The Kier molecular flexibility index (Phi) is 8.04. The van der Waals surface area contributed by atoms with Crippen molar-refractivity contribution in [3.63, 3.8) is 0 Å². The summed E-state index contributed by atoms with van der Waals surface area (Å²) in [6.07, 6.45) is 11.0. The minimum Gasteiger partial charge on any atom is -0.493 e. The SMILES string of the molecule is COc1cnn2cc(-c3nn4c(c3C)C(C)N(C3CCC(NC#N)CC3)CC4)cc(OC(CO)c3ccc(P)cn3)c12. The molecule has 2 aliphatic rings. The van der Waals surface area contributed by atoms with Crippen LogP contribution in [-0.2, 0) is 6.54 Å². The number of fused-ring (bicyclic) bond motifs is 2. The van der Waals surface area contributed by atoms with Crippen LogP contribution in [0.3, 0.4) is 0 Å². The minimum atomic E-state index is -0.669. The Morgan fingerprint density at radius 2 is 2.00 bits per heavy atom. The van der Waals surface area contributed by atoms with Crippen molar-refractivity contribution in [2.45, 2.75) is 70.3 Å². The van der Waals surface area contributed by atoms with E-state index in [9.17, 15) is 5.11 Å². The first-order valence-electron chi connectivity index (χ1n) is 14.4. The lowest BCUT2D eigenvalue weighted by Crippen LogP contribution is -2.47. The molecule has 5 heterocycles. The van der Waals surface area contributed by atoms with Gasteiger partial charge in [0.15, 0.2) is 29.3 Å². The van der Waals surface area contributed by atoms with Crippen molar-refractivity contribution in [2.75, 3.05) is 20.3 Å². The van der Waals surface area contributed by atoms with E-state index >= 15 is 0 Å². The molecule has 1 aliphatic heterocycles. The summed E-state index contributed by atoms with van der Waals surface area (Å²) in [6.45, 7) is 5.94. The van der Waals surface area contributed by atoms with Gasteiger partial charge in [0.05, 0.1) is 43.5 Å². The second-order valence-corrected chi connectivity index (χ2v) is 11.8. The predicted molar refractivity (Wildman–Crippen MR) is 162 cm³/mol. The molecule has 42 heavy (non-hydrogen) atoms. The molecule has 1 saturated carbocycles. The fourth-order valence-corrected chi connectivity index (χ4v) is 6.79. The number of hydrogen-bond acceptors (Lipinski definition) is 9. The molecule has 220 valence electrons. The maximum atomic E-state index is 10.2. The van der Waals surface area contributed by atoms with Crippen molar-refractivity contribution in [1.29, 1.82) is 5.26 Å². The number of pyridine rings is 2. The van der Waals surface area contributed by atoms with Crippen LogP contribution in [0.5, 0.6) is 11.5 Å². The highest BCUT2D eigenvalue weighted by molar-refractivity contribution is 7.27. The van der Waals surface area contributed by atoms with Crippen molar-refractivity contribution < 1.29 is 14.6 Å². The molecule has 2 N–H and O–H groups in total. The largest absolute Gasteiger partial charge is 0.493 e. The molecule has 0 saturated heterocycles. The summed E-state index contributed by atoms with van der Waals surface area (Å²) in [4.78, 5) is 7.08. The predicted octanol–water partition coefficient (Wildman–Crippen LogP) is 3.28. The van der Waals surface area contributed by atoms with E-state index in [0.717, 1.165) is 60.9 Å². The lowest BCUT2D eigenvalue weighted by atomic mass is 9.88. The number of nitrogens with one attached hydrogen (secondary N) is 1. The molecule has 0 bridgehead atoms. The van der Waals surface area contributed by atoms with Gasteiger partial charge in [-0.25, -0.2) is 4.52 Å². The topological polar surface area (TPSA) is 126 Å². The molecule has 3 atom stereocenters. The van der Waals surface area contributed by atoms with Crippen LogP contribution in [0, 0.1) is 18.4 Å². The summed E-state index contributed by atoms with van der Waals surface area (Å²) in [6, 6.07) is 6.75. The summed E-state index contributed by atoms with van der Waals surface area (Å²) >= 11 is 0. The van der Waals surface area contributed by atoms with E-state index in [1.165, 1.54) is 5.69 Å². The minimum absolute atomic E-state index is 0.222. The van der Waals surface area contributed by atoms with Crippen molar-refractivity contribution in [2.24, 2.45) is 0 Å². The van der Waals surface area contributed by atoms with E-state index in [1.807, 2.05) is 24.4 Å². The monoisotopic (exact) mass is 588 g/mol. The zero-order valence-electron chi connectivity index (χ0n) is 24.2. The normalized spacial score (nSPS) is 21.5. The van der Waals surface area contributed by atoms with Gasteiger partial charge in [0.25, 0.3) is 0 Å². The van der Waals surface area contributed by atoms with Gasteiger partial charge in [-0.15, -0.1) is 9.24 Å². The third-order valence-corrected chi connectivity index (χ3v) is 9.09. The van der Waals surface area contributed by atoms with Crippen LogP contribution in [0.15, 0.2) is 36.8 Å². The van der Waals surface area contributed by atoms with E-state index in [4.69, 9.17) is 19.8 Å². The maximum Gasteiger partial charge on any atom is 0.176 e. The molecule has 1 aliphatic carbocycles. The molecule has 0 amide bonds. The standard InChI is InChI=1S/C30H37N8O3P/c1-18-28(35-37-11-10-36(19(2)29(18)37)22-6-4-21(5-7-22)33-17-31)20-12-25(30-26(40-3)14-34-38(30)15-20)41-27(16-39)24-9-8-23(42)13-32-24/h8-9,12-15,19,21-22,27,33,39H,4-7,10-11,16,42H2,1-3H3. The Balaban J connectivity index is 1.33. The summed E-state index contributed by atoms with van der Waals surface area (Å²) < 4.78 is 15.9. The van der Waals surface area contributed by atoms with Gasteiger partial charge in [0, 0.05) is 42.6 Å². The Hall–Kier alpha value is -3.71. The number of methoxy groups -OCH3 is 1. The molecule has 0 aromatic carbocycles. The quantitative estimate of drug-likeness (QED) is 0.181. The Labute approximate surface area is 247 Å². The molecule has 6 rings (SSSR count). The van der Waals surface area contributed by atoms with Gasteiger partial charge >= 0.3 is 0 Å². The van der Waals surface area contributed by atoms with Crippen molar-refractivity contribution in [3.8, 4) is 28.9 Å². The van der Waals surface area contributed by atoms with Crippen molar-refractivity contribution >= 4 is 20.1 Å². The molecular weight excluding hydrogens is 551 g/mol. The third kappa shape index (κ3) is 5.19. The summed E-state index contributed by atoms with van der Waals surface area (Å²) in [5, 5.41) is 32.8. The molecule has 12 heteroatoms. The molecule has 0 spiro atoms. The highest BCUT2D eigenvalue weighted by Crippen LogP contribution is 2.40. The first kappa shape index (κ1) is 28.4. The second kappa shape index (κ2) is 11.9. The molecule has 3 unspecified atom stereocenters. The molecule has 1 fully saturated rings. The van der Waals surface area contributed by atoms with Gasteiger partial charge < -0.3 is 19.9 Å². The summed E-state index contributed by atoms with van der Waals surface area (Å²) in [5.74, 6) is 1.10. The van der Waals surface area contributed by atoms with Crippen molar-refractivity contribution in [3.05, 3.63) is 53.7 Å². The summed E-state index contributed by atoms with van der Waals surface area (Å²) in [7, 11) is 4.22. The van der Waals surface area contributed by atoms with E-state index in [-0.39, 0.29) is 12.6 Å². The molecule has 4 aromatic heterocycles. The lowest BCUT2D eigenvalue weighted by Gasteiger charge is -2.42. The first-order valence-corrected chi connectivity index (χ1v) is 15.0. The highest BCUT2D eigenvalue weighted by Gasteiger charge is 2.35. The Bertz CT molecular complexity index is 1600. The zero-order chi connectivity index (χ0) is 29.4. The van der Waals surface area contributed by atoms with Crippen LogP contribution < -0.4 is 20.1 Å². The van der Waals surface area contributed by atoms with E-state index < -0.39 is 6.10 Å². The molecule has 4 aromatic rings. The number of aliphatic hydroxyl groups excluding tert-OH is 1. The average molecular weight is 589 g/mol. The van der Waals surface area contributed by atoms with Crippen molar-refractivity contribution in [1.82, 2.24) is 34.6 Å². The van der Waals surface area contributed by atoms with Crippen LogP contribution in [0.2, 0.25) is 0 Å². The molecule has 0 radical (unpaired) electrons. The van der Waals surface area contributed by atoms with Gasteiger partial charge in [-0.05, 0) is 62.5 Å². The number of hydrogen-bond donors (Lipinski definition) is 2. The van der Waals surface area contributed by atoms with Gasteiger partial charge in [-0.3, -0.25) is 14.6 Å². The molecular formula is C30H37N8O3P. The average Bonchev–Trinajstić information content (AvgIpc) is 3.58. The highest BCUT2D eigenvalue weighted by atomic mass is 31.0. The zero-order valence-corrected chi connectivity index (χ0v) is 25.3. The fraction of sp³-hybridized carbons (Fsp3) is 0.467. The number of nitrogens with zero attached hydrogens (tertiary/aromatic N) is 7. The van der Waals surface area contributed by atoms with Crippen LogP contribution in [0.4, 0.5) is 0 Å². The number of ether oxygens (including phenoxy) is 2. The van der Waals surface area contributed by atoms with E-state index in [0.29, 0.717) is 34.8 Å². The fourth-order valence-electron chi connectivity index (χ4n) is 6.62. The molecule has 11 nitrogen and oxygen atoms in total. The van der Waals surface area contributed by atoms with Gasteiger partial charge in [0.2, 0.25) is 0 Å². The van der Waals surface area contributed by atoms with E-state index in [2.05, 4.69) is 54.3 Å².